The molecular weight excluding hydrogens is 515 g/mol. The molecule has 3 aromatic rings. The molecule has 0 fully saturated rings. The number of aryl methyl sites for hydroxylation is 3. The van der Waals surface area contributed by atoms with Crippen molar-refractivity contribution in [2.24, 2.45) is 0 Å². The van der Waals surface area contributed by atoms with Crippen LogP contribution in [0.25, 0.3) is 0 Å². The lowest BCUT2D eigenvalue weighted by Crippen LogP contribution is -2.26. The Morgan fingerprint density at radius 3 is 1.57 bits per heavy atom. The molecule has 7 heteroatoms. The summed E-state index contributed by atoms with van der Waals surface area (Å²) in [6, 6.07) is 21.8. The van der Waals surface area contributed by atoms with E-state index in [1.54, 1.807) is 0 Å². The fraction of sp³-hybridized carbons (Fsp3) is 0.424. The lowest BCUT2D eigenvalue weighted by atomic mass is 10.00. The molecule has 0 saturated heterocycles. The molecule has 0 radical (unpaired) electrons. The predicted molar refractivity (Wildman–Crippen MR) is 152 cm³/mol. The molecule has 3 aromatic carbocycles. The molecule has 0 heterocycles. The van der Waals surface area contributed by atoms with Crippen molar-refractivity contribution in [1.82, 2.24) is 5.06 Å². The van der Waals surface area contributed by atoms with Gasteiger partial charge >= 0.3 is 12.1 Å². The Bertz CT molecular complexity index is 1140. The van der Waals surface area contributed by atoms with Crippen LogP contribution < -0.4 is 0 Å². The number of aliphatic carboxylic acids is 1. The summed E-state index contributed by atoms with van der Waals surface area (Å²) in [4.78, 5) is 16.4. The minimum atomic E-state index is -4.41. The minimum absolute atomic E-state index is 0.155. The number of hydroxylamine groups is 2. The van der Waals surface area contributed by atoms with Gasteiger partial charge in [0.25, 0.3) is 0 Å². The predicted octanol–water partition coefficient (Wildman–Crippen LogP) is 8.41. The van der Waals surface area contributed by atoms with Crippen molar-refractivity contribution >= 4 is 5.97 Å². The molecule has 40 heavy (non-hydrogen) atoms. The first-order valence-electron chi connectivity index (χ1n) is 14.1. The van der Waals surface area contributed by atoms with E-state index in [0.717, 1.165) is 37.0 Å². The molecule has 0 aliphatic carbocycles. The van der Waals surface area contributed by atoms with Crippen LogP contribution in [0.2, 0.25) is 0 Å². The Morgan fingerprint density at radius 1 is 0.675 bits per heavy atom. The Labute approximate surface area is 235 Å². The average Bonchev–Trinajstić information content (AvgIpc) is 2.93. The van der Waals surface area contributed by atoms with Crippen molar-refractivity contribution < 1.29 is 27.9 Å². The molecule has 216 valence electrons. The van der Waals surface area contributed by atoms with E-state index < -0.39 is 24.3 Å². The monoisotopic (exact) mass is 555 g/mol. The van der Waals surface area contributed by atoms with Crippen LogP contribution in [0, 0.1) is 0 Å². The number of halogens is 3. The van der Waals surface area contributed by atoms with E-state index in [0.29, 0.717) is 12.1 Å². The highest BCUT2D eigenvalue weighted by Crippen LogP contribution is 2.29. The number of benzene rings is 3. The summed E-state index contributed by atoms with van der Waals surface area (Å²) < 4.78 is 38.6. The van der Waals surface area contributed by atoms with Gasteiger partial charge in [-0.3, -0.25) is 4.84 Å². The third kappa shape index (κ3) is 11.5. The SMILES string of the molecule is CCCCCCCCc1ccc(CCc2ccc(CN(Cc3ccc(C(F)(F)F)cc3)OCC(=O)O)cc2)cc1. The van der Waals surface area contributed by atoms with Gasteiger partial charge in [0.15, 0.2) is 6.61 Å². The smallest absolute Gasteiger partial charge is 0.416 e. The van der Waals surface area contributed by atoms with Gasteiger partial charge in [0, 0.05) is 13.1 Å². The van der Waals surface area contributed by atoms with E-state index in [1.165, 1.54) is 72.4 Å². The fourth-order valence-corrected chi connectivity index (χ4v) is 4.58. The molecule has 4 nitrogen and oxygen atoms in total. The van der Waals surface area contributed by atoms with Crippen LogP contribution >= 0.6 is 0 Å². The largest absolute Gasteiger partial charge is 0.479 e. The summed E-state index contributed by atoms with van der Waals surface area (Å²) in [7, 11) is 0. The summed E-state index contributed by atoms with van der Waals surface area (Å²) in [6.07, 6.45) is 6.42. The number of nitrogens with zero attached hydrogens (tertiary/aromatic N) is 1. The highest BCUT2D eigenvalue weighted by molar-refractivity contribution is 5.67. The van der Waals surface area contributed by atoms with Crippen LogP contribution in [0.5, 0.6) is 0 Å². The topological polar surface area (TPSA) is 49.8 Å². The molecule has 3 rings (SSSR count). The first-order valence-corrected chi connectivity index (χ1v) is 14.1. The van der Waals surface area contributed by atoms with Crippen LogP contribution in [0.15, 0.2) is 72.8 Å². The third-order valence-electron chi connectivity index (χ3n) is 6.94. The normalized spacial score (nSPS) is 11.7. The van der Waals surface area contributed by atoms with Gasteiger partial charge in [-0.05, 0) is 65.6 Å². The Kier molecular flexibility index (Phi) is 12.7. The van der Waals surface area contributed by atoms with Gasteiger partial charge in [-0.2, -0.15) is 18.2 Å². The molecule has 0 aliphatic heterocycles. The lowest BCUT2D eigenvalue weighted by molar-refractivity contribution is -0.190. The van der Waals surface area contributed by atoms with E-state index in [-0.39, 0.29) is 6.54 Å². The highest BCUT2D eigenvalue weighted by Gasteiger charge is 2.30. The van der Waals surface area contributed by atoms with E-state index in [4.69, 9.17) is 9.94 Å². The number of alkyl halides is 3. The highest BCUT2D eigenvalue weighted by atomic mass is 19.4. The van der Waals surface area contributed by atoms with Crippen molar-refractivity contribution in [3.8, 4) is 0 Å². The number of hydrogen-bond acceptors (Lipinski definition) is 3. The Morgan fingerprint density at radius 2 is 1.10 bits per heavy atom. The van der Waals surface area contributed by atoms with Crippen LogP contribution in [0.3, 0.4) is 0 Å². The zero-order valence-electron chi connectivity index (χ0n) is 23.3. The van der Waals surface area contributed by atoms with Crippen LogP contribution in [-0.2, 0) is 48.2 Å². The molecule has 0 aliphatic rings. The van der Waals surface area contributed by atoms with Gasteiger partial charge < -0.3 is 5.11 Å². The number of carbonyl (C=O) groups is 1. The van der Waals surface area contributed by atoms with Gasteiger partial charge in [-0.1, -0.05) is 99.7 Å². The Hall–Kier alpha value is -3.16. The number of hydrogen-bond donors (Lipinski definition) is 1. The van der Waals surface area contributed by atoms with E-state index in [2.05, 4.69) is 43.3 Å². The quantitative estimate of drug-likeness (QED) is 0.134. The Balaban J connectivity index is 1.49. The fourth-order valence-electron chi connectivity index (χ4n) is 4.58. The van der Waals surface area contributed by atoms with Gasteiger partial charge in [0.1, 0.15) is 0 Å². The van der Waals surface area contributed by atoms with E-state index in [1.807, 2.05) is 12.1 Å². The van der Waals surface area contributed by atoms with Crippen LogP contribution in [0.1, 0.15) is 78.8 Å². The molecule has 0 saturated carbocycles. The maximum Gasteiger partial charge on any atom is 0.416 e. The zero-order valence-corrected chi connectivity index (χ0v) is 23.3. The van der Waals surface area contributed by atoms with E-state index in [9.17, 15) is 18.0 Å². The lowest BCUT2D eigenvalue weighted by Gasteiger charge is -2.21. The number of carboxylic acid groups (broad SMARTS) is 1. The summed E-state index contributed by atoms with van der Waals surface area (Å²) in [5.41, 5.74) is 4.68. The van der Waals surface area contributed by atoms with Gasteiger partial charge in [0.05, 0.1) is 5.56 Å². The van der Waals surface area contributed by atoms with Gasteiger partial charge in [-0.25, -0.2) is 4.79 Å². The molecule has 0 atom stereocenters. The van der Waals surface area contributed by atoms with Crippen molar-refractivity contribution in [2.45, 2.75) is 84.0 Å². The van der Waals surface area contributed by atoms with Crippen molar-refractivity contribution in [1.29, 1.82) is 0 Å². The molecule has 0 spiro atoms. The second kappa shape index (κ2) is 16.2. The molecule has 0 unspecified atom stereocenters. The average molecular weight is 556 g/mol. The summed E-state index contributed by atoms with van der Waals surface area (Å²) in [5.74, 6) is -1.12. The van der Waals surface area contributed by atoms with E-state index >= 15 is 0 Å². The molecule has 0 bridgehead atoms. The molecule has 0 aromatic heterocycles. The summed E-state index contributed by atoms with van der Waals surface area (Å²) >= 11 is 0. The second-order valence-electron chi connectivity index (χ2n) is 10.3. The molecule has 0 amide bonds. The number of unbranched alkanes of at least 4 members (excludes halogenated alkanes) is 5. The molecular formula is C33H40F3NO3. The van der Waals surface area contributed by atoms with Gasteiger partial charge in [0.2, 0.25) is 0 Å². The maximum absolute atomic E-state index is 12.9. The maximum atomic E-state index is 12.9. The van der Waals surface area contributed by atoms with Crippen molar-refractivity contribution in [2.75, 3.05) is 6.61 Å². The van der Waals surface area contributed by atoms with Gasteiger partial charge in [-0.15, -0.1) is 0 Å². The van der Waals surface area contributed by atoms with Crippen LogP contribution in [-0.4, -0.2) is 22.7 Å². The van der Waals surface area contributed by atoms with Crippen LogP contribution in [0.4, 0.5) is 13.2 Å². The zero-order chi connectivity index (χ0) is 28.8. The first-order chi connectivity index (χ1) is 19.2. The summed E-state index contributed by atoms with van der Waals surface area (Å²) in [5, 5.41) is 10.5. The van der Waals surface area contributed by atoms with Crippen molar-refractivity contribution in [3.05, 3.63) is 106 Å². The minimum Gasteiger partial charge on any atom is -0.479 e. The summed E-state index contributed by atoms with van der Waals surface area (Å²) in [6.45, 7) is 2.16. The standard InChI is InChI=1S/C33H40F3NO3/c1-2-3-4-5-6-7-8-26-9-11-27(12-10-26)13-14-28-15-17-29(18-16-28)23-37(40-25-32(38)39)24-30-19-21-31(22-20-30)33(34,35)36/h9-12,15-22H,2-8,13-14,23-25H2,1H3,(H,38,39). The number of carboxylic acids is 1. The number of rotatable bonds is 17. The van der Waals surface area contributed by atoms with Crippen molar-refractivity contribution in [3.63, 3.8) is 0 Å². The third-order valence-corrected chi connectivity index (χ3v) is 6.94. The molecule has 1 N–H and O–H groups in total. The second-order valence-corrected chi connectivity index (χ2v) is 10.3. The first kappa shape index (κ1) is 31.4.